The molecule has 0 atom stereocenters. The summed E-state index contributed by atoms with van der Waals surface area (Å²) in [6, 6.07) is 0. The molecule has 2 rings (SSSR count). The third kappa shape index (κ3) is 7.32. The largest absolute Gasteiger partial charge is 0.147 e. The molecule has 0 bridgehead atoms. The summed E-state index contributed by atoms with van der Waals surface area (Å²) in [5, 5.41) is 0. The van der Waals surface area contributed by atoms with E-state index in [1.807, 2.05) is 6.66 Å². The Hall–Kier alpha value is 0.627. The van der Waals surface area contributed by atoms with E-state index in [0.717, 1.165) is 0 Å². The van der Waals surface area contributed by atoms with Crippen molar-refractivity contribution in [1.29, 1.82) is 0 Å². The molecule has 0 spiro atoms. The van der Waals surface area contributed by atoms with E-state index in [4.69, 9.17) is 0 Å². The zero-order chi connectivity index (χ0) is 20.8. The maximum Gasteiger partial charge on any atom is -0.147 e. The normalized spacial score (nSPS) is 17.0. The van der Waals surface area contributed by atoms with Crippen molar-refractivity contribution in [2.24, 2.45) is 0 Å². The van der Waals surface area contributed by atoms with E-state index < -0.39 is 17.1 Å². The summed E-state index contributed by atoms with van der Waals surface area (Å²) >= 11 is -3.23. The Balaban J connectivity index is 0.00000420. The summed E-state index contributed by atoms with van der Waals surface area (Å²) < 4.78 is 9.46. The van der Waals surface area contributed by atoms with Crippen LogP contribution in [0.25, 0.3) is 0 Å². The van der Waals surface area contributed by atoms with Crippen LogP contribution in [-0.4, -0.2) is 6.94 Å². The minimum Gasteiger partial charge on any atom is -0.147 e. The van der Waals surface area contributed by atoms with Gasteiger partial charge < -0.3 is 0 Å². The van der Waals surface area contributed by atoms with Crippen molar-refractivity contribution < 1.29 is 17.1 Å². The quantitative estimate of drug-likeness (QED) is 0.187. The van der Waals surface area contributed by atoms with Gasteiger partial charge in [0.2, 0.25) is 0 Å². The SMILES string of the molecule is CCCCC1=CC(CCC)=[C]([Hf]([CH3])([CH3])(=[SiH2])[C]2=C(CCC)C=C(CCCC)C2)C1.Cl.Cl. The Kier molecular flexibility index (Phi) is 13.6. The summed E-state index contributed by atoms with van der Waals surface area (Å²) in [5.41, 5.74) is 7.01. The number of halogens is 2. The average Bonchev–Trinajstić information content (AvgIpc) is 3.24. The van der Waals surface area contributed by atoms with E-state index >= 15 is 0 Å². The third-order valence-corrected chi connectivity index (χ3v) is 31.5. The molecule has 4 heteroatoms. The molecule has 2 aliphatic rings. The molecule has 0 unspecified atom stereocenters. The number of rotatable bonds is 12. The first-order chi connectivity index (χ1) is 13.3. The van der Waals surface area contributed by atoms with Crippen LogP contribution >= 0.6 is 24.8 Å². The second-order valence-electron chi connectivity index (χ2n) is 10.4. The maximum atomic E-state index is 2.78. The van der Waals surface area contributed by atoms with Crippen molar-refractivity contribution in [2.75, 3.05) is 0 Å². The fraction of sp³-hybridized carbons (Fsp3) is 0.692. The number of hydrogen-bond donors (Lipinski definition) is 0. The molecule has 0 aromatic carbocycles. The molecule has 0 saturated heterocycles. The van der Waals surface area contributed by atoms with Crippen LogP contribution in [0.4, 0.5) is 0 Å². The first kappa shape index (κ1) is 30.6. The van der Waals surface area contributed by atoms with Crippen molar-refractivity contribution in [3.63, 3.8) is 0 Å². The number of unbranched alkanes of at least 4 members (excludes halogenated alkanes) is 2. The van der Waals surface area contributed by atoms with E-state index in [9.17, 15) is 0 Å². The van der Waals surface area contributed by atoms with Gasteiger partial charge in [-0.1, -0.05) is 0 Å². The van der Waals surface area contributed by atoms with Gasteiger partial charge in [-0.3, -0.25) is 0 Å². The fourth-order valence-electron chi connectivity index (χ4n) is 5.34. The molecule has 0 fully saturated rings. The van der Waals surface area contributed by atoms with Crippen molar-refractivity contribution in [2.45, 2.75) is 114 Å². The van der Waals surface area contributed by atoms with E-state index in [1.54, 1.807) is 22.3 Å². The van der Waals surface area contributed by atoms with Gasteiger partial charge in [-0.2, -0.15) is 0 Å². The Labute approximate surface area is 202 Å². The van der Waals surface area contributed by atoms with Gasteiger partial charge in [-0.05, 0) is 0 Å². The van der Waals surface area contributed by atoms with Crippen LogP contribution in [0.1, 0.15) is 105 Å². The molecule has 0 amide bonds. The zero-order valence-electron chi connectivity index (χ0n) is 20.7. The molecule has 0 aliphatic heterocycles. The molecule has 174 valence electrons. The predicted molar refractivity (Wildman–Crippen MR) is 143 cm³/mol. The van der Waals surface area contributed by atoms with Crippen LogP contribution < -0.4 is 0 Å². The molecule has 0 radical (unpaired) electrons. The van der Waals surface area contributed by atoms with Gasteiger partial charge in [0.05, 0.1) is 0 Å². The first-order valence-corrected chi connectivity index (χ1v) is 31.3. The van der Waals surface area contributed by atoms with Gasteiger partial charge in [-0.25, -0.2) is 0 Å². The van der Waals surface area contributed by atoms with E-state index in [-0.39, 0.29) is 24.8 Å². The summed E-state index contributed by atoms with van der Waals surface area (Å²) in [6.45, 7) is 11.9. The van der Waals surface area contributed by atoms with E-state index in [1.165, 1.54) is 77.0 Å². The minimum atomic E-state index is -3.23. The van der Waals surface area contributed by atoms with Crippen LogP contribution in [0.3, 0.4) is 0 Å². The van der Waals surface area contributed by atoms with Gasteiger partial charge in [0.25, 0.3) is 0 Å². The van der Waals surface area contributed by atoms with Crippen LogP contribution in [0.2, 0.25) is 9.36 Å². The summed E-state index contributed by atoms with van der Waals surface area (Å²) in [7, 11) is 0. The second-order valence-corrected chi connectivity index (χ2v) is 51.4. The Morgan fingerprint density at radius 3 is 1.33 bits per heavy atom. The van der Waals surface area contributed by atoms with Crippen molar-refractivity contribution in [3.8, 4) is 0 Å². The van der Waals surface area contributed by atoms with Crippen LogP contribution in [0.5, 0.6) is 0 Å². The first-order valence-electron chi connectivity index (χ1n) is 12.2. The summed E-state index contributed by atoms with van der Waals surface area (Å²) in [5.74, 6) is 0. The van der Waals surface area contributed by atoms with Gasteiger partial charge in [0, 0.05) is 0 Å². The van der Waals surface area contributed by atoms with Crippen LogP contribution in [0.15, 0.2) is 41.1 Å². The van der Waals surface area contributed by atoms with Crippen LogP contribution in [-0.2, 0) is 17.1 Å². The topological polar surface area (TPSA) is 0 Å². The molecule has 0 N–H and O–H groups in total. The molecular weight excluding hydrogens is 590 g/mol. The van der Waals surface area contributed by atoms with Crippen molar-refractivity contribution in [3.05, 3.63) is 41.1 Å². The van der Waals surface area contributed by atoms with Gasteiger partial charge in [0.1, 0.15) is 0 Å². The Morgan fingerprint density at radius 2 is 1.03 bits per heavy atom. The zero-order valence-corrected chi connectivity index (χ0v) is 27.3. The second kappa shape index (κ2) is 13.4. The fourth-order valence-corrected chi connectivity index (χ4v) is 26.9. The summed E-state index contributed by atoms with van der Waals surface area (Å²) in [6.07, 6.45) is 21.1. The van der Waals surface area contributed by atoms with Gasteiger partial charge in [0.15, 0.2) is 0 Å². The molecule has 0 heterocycles. The molecule has 0 aromatic rings. The molecule has 2 aliphatic carbocycles. The summed E-state index contributed by atoms with van der Waals surface area (Å²) in [4.78, 5) is 0. The molecule has 30 heavy (non-hydrogen) atoms. The standard InChI is InChI=1S/2C12H19.2CH3.2ClH.Hf.H2Si/c2*1-3-5-7-12-9-8-11(10-12)6-4-2;;;;;;/h2*10H,3-7,9H2,1-2H3;2*1H3;2*1H;;1H2. The number of hydrogen-bond acceptors (Lipinski definition) is 0. The Morgan fingerprint density at radius 1 is 0.667 bits per heavy atom. The van der Waals surface area contributed by atoms with Gasteiger partial charge >= 0.3 is 179 Å². The molecule has 0 aromatic heterocycles. The molecule has 0 saturated carbocycles. The average molecular weight is 638 g/mol. The van der Waals surface area contributed by atoms with E-state index in [0.29, 0.717) is 0 Å². The maximum absolute atomic E-state index is 3.23. The molecule has 0 nitrogen and oxygen atoms in total. The minimum absolute atomic E-state index is 0. The predicted octanol–water partition coefficient (Wildman–Crippen LogP) is 9.31. The van der Waals surface area contributed by atoms with Crippen LogP contribution in [0, 0.1) is 0 Å². The van der Waals surface area contributed by atoms with Crippen molar-refractivity contribution >= 4 is 31.8 Å². The molecular formula is C26H48Cl2HfSi. The monoisotopic (exact) mass is 638 g/mol. The van der Waals surface area contributed by atoms with Gasteiger partial charge in [-0.15, -0.1) is 24.8 Å². The number of allylic oxidation sites excluding steroid dienone is 8. The van der Waals surface area contributed by atoms with E-state index in [2.05, 4.69) is 56.1 Å². The van der Waals surface area contributed by atoms with Crippen molar-refractivity contribution in [1.82, 2.24) is 0 Å². The third-order valence-electron chi connectivity index (χ3n) is 7.02. The smallest absolute Gasteiger partial charge is 0.147 e. The Bertz CT molecular complexity index is 704.